The summed E-state index contributed by atoms with van der Waals surface area (Å²) in [5.41, 5.74) is 2.62. The van der Waals surface area contributed by atoms with E-state index in [4.69, 9.17) is 9.97 Å². The van der Waals surface area contributed by atoms with Crippen LogP contribution in [0, 0.1) is 0 Å². The molecule has 0 atom stereocenters. The molecule has 0 saturated heterocycles. The van der Waals surface area contributed by atoms with Crippen molar-refractivity contribution in [3.63, 3.8) is 0 Å². The Morgan fingerprint density at radius 3 is 2.47 bits per heavy atom. The normalized spacial score (nSPS) is 14.1. The predicted molar refractivity (Wildman–Crippen MR) is 81.0 cm³/mol. The molecule has 0 amide bonds. The molecule has 0 spiro atoms. The molecule has 1 aliphatic rings. The summed E-state index contributed by atoms with van der Waals surface area (Å²) in [6.45, 7) is 9.41. The molecule has 0 saturated carbocycles. The van der Waals surface area contributed by atoms with Crippen LogP contribution in [0.1, 0.15) is 51.3 Å². The summed E-state index contributed by atoms with van der Waals surface area (Å²) in [5, 5.41) is 3.49. The van der Waals surface area contributed by atoms with Crippen LogP contribution in [0.15, 0.2) is 0 Å². The van der Waals surface area contributed by atoms with Crippen molar-refractivity contribution >= 4 is 11.8 Å². The minimum absolute atomic E-state index is 0.893. The Morgan fingerprint density at radius 2 is 1.79 bits per heavy atom. The number of fused-ring (bicyclic) bond motifs is 1. The molecular weight excluding hydrogens is 236 g/mol. The van der Waals surface area contributed by atoms with Crippen LogP contribution in [0.3, 0.4) is 0 Å². The lowest BCUT2D eigenvalue weighted by atomic mass is 9.96. The first kappa shape index (κ1) is 14.1. The maximum absolute atomic E-state index is 4.80. The summed E-state index contributed by atoms with van der Waals surface area (Å²) in [7, 11) is 0. The molecule has 1 aliphatic carbocycles. The molecule has 1 N–H and O–H groups in total. The third-order valence-electron chi connectivity index (χ3n) is 3.76. The summed E-state index contributed by atoms with van der Waals surface area (Å²) in [6.07, 6.45) is 5.88. The van der Waals surface area contributed by atoms with Crippen molar-refractivity contribution in [3.8, 4) is 0 Å². The first-order chi connectivity index (χ1) is 9.30. The quantitative estimate of drug-likeness (QED) is 0.855. The van der Waals surface area contributed by atoms with Gasteiger partial charge in [0.25, 0.3) is 0 Å². The number of nitrogens with zero attached hydrogens (tertiary/aromatic N) is 3. The number of aromatic nitrogens is 2. The fourth-order valence-electron chi connectivity index (χ4n) is 2.62. The number of hydrogen-bond donors (Lipinski definition) is 1. The number of rotatable bonds is 6. The van der Waals surface area contributed by atoms with E-state index in [0.29, 0.717) is 0 Å². The standard InChI is InChI=1S/C15H26N4/c1-4-11-16-14-12-9-7-8-10-13(12)17-15(18-14)19(5-2)6-3/h4-11H2,1-3H3,(H,16,17,18). The zero-order chi connectivity index (χ0) is 13.7. The monoisotopic (exact) mass is 262 g/mol. The number of nitrogens with one attached hydrogen (secondary N) is 1. The van der Waals surface area contributed by atoms with Crippen LogP contribution < -0.4 is 10.2 Å². The Morgan fingerprint density at radius 1 is 1.05 bits per heavy atom. The van der Waals surface area contributed by atoms with Crippen molar-refractivity contribution in [2.75, 3.05) is 29.9 Å². The largest absolute Gasteiger partial charge is 0.370 e. The van der Waals surface area contributed by atoms with Gasteiger partial charge in [-0.2, -0.15) is 4.98 Å². The van der Waals surface area contributed by atoms with Gasteiger partial charge in [-0.25, -0.2) is 4.98 Å². The van der Waals surface area contributed by atoms with Gasteiger partial charge in [-0.3, -0.25) is 0 Å². The second-order valence-corrected chi connectivity index (χ2v) is 5.10. The molecule has 0 aliphatic heterocycles. The van der Waals surface area contributed by atoms with Gasteiger partial charge in [0.05, 0.1) is 5.69 Å². The fourth-order valence-corrected chi connectivity index (χ4v) is 2.62. The lowest BCUT2D eigenvalue weighted by Crippen LogP contribution is -2.26. The molecule has 1 aromatic heterocycles. The second kappa shape index (κ2) is 6.73. The van der Waals surface area contributed by atoms with Crippen molar-refractivity contribution in [3.05, 3.63) is 11.3 Å². The highest BCUT2D eigenvalue weighted by molar-refractivity contribution is 5.52. The molecule has 0 bridgehead atoms. The molecule has 19 heavy (non-hydrogen) atoms. The van der Waals surface area contributed by atoms with E-state index >= 15 is 0 Å². The van der Waals surface area contributed by atoms with Crippen LogP contribution in [0.2, 0.25) is 0 Å². The van der Waals surface area contributed by atoms with E-state index < -0.39 is 0 Å². The summed E-state index contributed by atoms with van der Waals surface area (Å²) < 4.78 is 0. The highest BCUT2D eigenvalue weighted by atomic mass is 15.3. The first-order valence-electron chi connectivity index (χ1n) is 7.68. The number of hydrogen-bond acceptors (Lipinski definition) is 4. The molecule has 0 unspecified atom stereocenters. The predicted octanol–water partition coefficient (Wildman–Crippen LogP) is 3.02. The van der Waals surface area contributed by atoms with Crippen molar-refractivity contribution in [1.82, 2.24) is 9.97 Å². The van der Waals surface area contributed by atoms with E-state index in [1.165, 1.54) is 24.1 Å². The van der Waals surface area contributed by atoms with E-state index in [9.17, 15) is 0 Å². The summed E-state index contributed by atoms with van der Waals surface area (Å²) in [5.74, 6) is 1.97. The average Bonchev–Trinajstić information content (AvgIpc) is 2.46. The van der Waals surface area contributed by atoms with Crippen molar-refractivity contribution < 1.29 is 0 Å². The van der Waals surface area contributed by atoms with Gasteiger partial charge in [0.2, 0.25) is 5.95 Å². The third kappa shape index (κ3) is 3.17. The zero-order valence-electron chi connectivity index (χ0n) is 12.5. The maximum atomic E-state index is 4.80. The first-order valence-corrected chi connectivity index (χ1v) is 7.68. The minimum atomic E-state index is 0.893. The van der Waals surface area contributed by atoms with Crippen LogP contribution >= 0.6 is 0 Å². The SMILES string of the molecule is CCCNc1nc(N(CC)CC)nc2c1CCCC2. The molecule has 1 aromatic rings. The molecule has 1 heterocycles. The van der Waals surface area contributed by atoms with Gasteiger partial charge in [-0.05, 0) is 46.0 Å². The van der Waals surface area contributed by atoms with Crippen molar-refractivity contribution in [1.29, 1.82) is 0 Å². The number of anilines is 2. The number of aryl methyl sites for hydroxylation is 1. The van der Waals surface area contributed by atoms with Crippen LogP contribution in [0.25, 0.3) is 0 Å². The summed E-state index contributed by atoms with van der Waals surface area (Å²) in [4.78, 5) is 11.8. The Hall–Kier alpha value is -1.32. The Labute approximate surface area is 116 Å². The lowest BCUT2D eigenvalue weighted by Gasteiger charge is -2.24. The Kier molecular flexibility index (Phi) is 5.00. The highest BCUT2D eigenvalue weighted by Crippen LogP contribution is 2.27. The van der Waals surface area contributed by atoms with Crippen LogP contribution in [-0.4, -0.2) is 29.6 Å². The van der Waals surface area contributed by atoms with E-state index in [-0.39, 0.29) is 0 Å². The third-order valence-corrected chi connectivity index (χ3v) is 3.76. The molecule has 0 fully saturated rings. The minimum Gasteiger partial charge on any atom is -0.370 e. The molecule has 0 radical (unpaired) electrons. The van der Waals surface area contributed by atoms with E-state index in [1.807, 2.05) is 0 Å². The van der Waals surface area contributed by atoms with Gasteiger partial charge >= 0.3 is 0 Å². The Balaban J connectivity index is 2.35. The molecule has 4 nitrogen and oxygen atoms in total. The van der Waals surface area contributed by atoms with Crippen LogP contribution in [-0.2, 0) is 12.8 Å². The molecule has 2 rings (SSSR count). The van der Waals surface area contributed by atoms with Gasteiger partial charge in [-0.1, -0.05) is 6.92 Å². The molecule has 0 aromatic carbocycles. The van der Waals surface area contributed by atoms with Gasteiger partial charge < -0.3 is 10.2 Å². The highest BCUT2D eigenvalue weighted by Gasteiger charge is 2.19. The van der Waals surface area contributed by atoms with Gasteiger partial charge in [-0.15, -0.1) is 0 Å². The van der Waals surface area contributed by atoms with Gasteiger partial charge in [0.15, 0.2) is 0 Å². The molecular formula is C15H26N4. The maximum Gasteiger partial charge on any atom is 0.227 e. The van der Waals surface area contributed by atoms with E-state index in [1.54, 1.807) is 0 Å². The van der Waals surface area contributed by atoms with E-state index in [2.05, 4.69) is 31.0 Å². The van der Waals surface area contributed by atoms with Crippen molar-refractivity contribution in [2.45, 2.75) is 52.9 Å². The molecule has 106 valence electrons. The second-order valence-electron chi connectivity index (χ2n) is 5.10. The summed E-state index contributed by atoms with van der Waals surface area (Å²) in [6, 6.07) is 0. The van der Waals surface area contributed by atoms with Crippen LogP contribution in [0.4, 0.5) is 11.8 Å². The summed E-state index contributed by atoms with van der Waals surface area (Å²) >= 11 is 0. The fraction of sp³-hybridized carbons (Fsp3) is 0.733. The van der Waals surface area contributed by atoms with Crippen LogP contribution in [0.5, 0.6) is 0 Å². The smallest absolute Gasteiger partial charge is 0.227 e. The average molecular weight is 262 g/mol. The zero-order valence-corrected chi connectivity index (χ0v) is 12.5. The topological polar surface area (TPSA) is 41.1 Å². The lowest BCUT2D eigenvalue weighted by molar-refractivity contribution is 0.658. The van der Waals surface area contributed by atoms with E-state index in [0.717, 1.165) is 50.7 Å². The molecule has 4 heteroatoms. The Bertz CT molecular complexity index is 413. The van der Waals surface area contributed by atoms with Gasteiger partial charge in [0.1, 0.15) is 5.82 Å². The van der Waals surface area contributed by atoms with Gasteiger partial charge in [0, 0.05) is 25.2 Å². The van der Waals surface area contributed by atoms with Crippen molar-refractivity contribution in [2.24, 2.45) is 0 Å².